The Morgan fingerprint density at radius 1 is 0.905 bits per heavy atom. The average molecular weight is 591 g/mol. The van der Waals surface area contributed by atoms with Crippen LogP contribution in [0.4, 0.5) is 16.3 Å². The van der Waals surface area contributed by atoms with Crippen LogP contribution in [0, 0.1) is 0 Å². The molecule has 0 atom stereocenters. The summed E-state index contributed by atoms with van der Waals surface area (Å²) in [6, 6.07) is 20.1. The molecule has 2 amide bonds. The number of benzene rings is 2. The molecule has 0 unspecified atom stereocenters. The van der Waals surface area contributed by atoms with Crippen molar-refractivity contribution in [3.8, 4) is 11.5 Å². The Labute approximate surface area is 248 Å². The molecule has 6 rings (SSSR count). The Kier molecular flexibility index (Phi) is 8.11. The number of oxime groups is 1. The minimum atomic E-state index is -0.611. The third-order valence-corrected chi connectivity index (χ3v) is 7.93. The van der Waals surface area contributed by atoms with Gasteiger partial charge in [-0.25, -0.2) is 9.78 Å². The van der Waals surface area contributed by atoms with Crippen LogP contribution in [0.1, 0.15) is 19.3 Å². The molecule has 11 nitrogen and oxygen atoms in total. The number of nitrogens with zero attached hydrogens (tertiary/aromatic N) is 5. The van der Waals surface area contributed by atoms with Crippen molar-refractivity contribution < 1.29 is 24.0 Å². The van der Waals surface area contributed by atoms with Crippen molar-refractivity contribution in [1.29, 1.82) is 0 Å². The van der Waals surface area contributed by atoms with E-state index in [9.17, 15) is 9.59 Å². The summed E-state index contributed by atoms with van der Waals surface area (Å²) in [5, 5.41) is 9.16. The number of halogens is 1. The van der Waals surface area contributed by atoms with Gasteiger partial charge in [-0.3, -0.25) is 10.1 Å². The van der Waals surface area contributed by atoms with Crippen LogP contribution in [0.5, 0.6) is 11.5 Å². The zero-order valence-electron chi connectivity index (χ0n) is 22.9. The van der Waals surface area contributed by atoms with E-state index in [0.29, 0.717) is 86.5 Å². The molecule has 0 aliphatic carbocycles. The Bertz CT molecular complexity index is 1460. The standard InChI is InChI=1S/C30H31ClN6O5/c31-23-9-6-14-32-27(23)35-17-19-36(20-18-35)28(38)25-21-30(42-34-25)12-15-37(16-13-30)41-29(39)33-24-10-4-5-11-26(24)40-22-7-2-1-3-8-22/h1-11,14H,12-13,15-21H2,(H,33,39). The average Bonchev–Trinajstić information content (AvgIpc) is 3.43. The van der Waals surface area contributed by atoms with Crippen molar-refractivity contribution in [3.63, 3.8) is 0 Å². The second-order valence-electron chi connectivity index (χ2n) is 10.4. The summed E-state index contributed by atoms with van der Waals surface area (Å²) in [7, 11) is 0. The van der Waals surface area contributed by atoms with Gasteiger partial charge in [-0.1, -0.05) is 47.1 Å². The van der Waals surface area contributed by atoms with Crippen molar-refractivity contribution in [2.75, 3.05) is 49.5 Å². The molecule has 0 saturated carbocycles. The number of amides is 2. The van der Waals surface area contributed by atoms with Crippen molar-refractivity contribution in [2.24, 2.45) is 5.16 Å². The number of hydrogen-bond donors (Lipinski definition) is 1. The zero-order chi connectivity index (χ0) is 28.9. The van der Waals surface area contributed by atoms with Crippen molar-refractivity contribution in [3.05, 3.63) is 77.9 Å². The number of hydrogen-bond acceptors (Lipinski definition) is 9. The lowest BCUT2D eigenvalue weighted by molar-refractivity contribution is -0.154. The molecule has 12 heteroatoms. The maximum absolute atomic E-state index is 13.2. The number of rotatable bonds is 6. The first-order valence-corrected chi connectivity index (χ1v) is 14.3. The number of ether oxygens (including phenoxy) is 1. The SMILES string of the molecule is O=C(Nc1ccccc1Oc1ccccc1)ON1CCC2(CC1)CC(C(=O)N1CCN(c3ncccc3Cl)CC1)=NO2. The van der Waals surface area contributed by atoms with E-state index in [2.05, 4.69) is 20.4 Å². The fraction of sp³-hybridized carbons (Fsp3) is 0.333. The summed E-state index contributed by atoms with van der Waals surface area (Å²) in [5.74, 6) is 1.80. The van der Waals surface area contributed by atoms with Crippen LogP contribution in [0.2, 0.25) is 5.02 Å². The number of anilines is 2. The summed E-state index contributed by atoms with van der Waals surface area (Å²) in [6.45, 7) is 3.28. The smallest absolute Gasteiger partial charge is 0.430 e. The number of pyridine rings is 1. The number of para-hydroxylation sites is 3. The van der Waals surface area contributed by atoms with Crippen molar-refractivity contribution >= 4 is 40.8 Å². The van der Waals surface area contributed by atoms with Gasteiger partial charge in [0.25, 0.3) is 5.91 Å². The Hall–Kier alpha value is -4.35. The highest BCUT2D eigenvalue weighted by Gasteiger charge is 2.45. The molecule has 0 bridgehead atoms. The number of aromatic nitrogens is 1. The number of nitrogens with one attached hydrogen (secondary N) is 1. The van der Waals surface area contributed by atoms with Crippen LogP contribution in [0.25, 0.3) is 0 Å². The summed E-state index contributed by atoms with van der Waals surface area (Å²) in [6.07, 6.45) is 2.68. The van der Waals surface area contributed by atoms with Gasteiger partial charge in [0.05, 0.1) is 10.7 Å². The summed E-state index contributed by atoms with van der Waals surface area (Å²) < 4.78 is 5.91. The van der Waals surface area contributed by atoms with E-state index in [1.807, 2.05) is 48.5 Å². The minimum Gasteiger partial charge on any atom is -0.455 e. The number of piperazine rings is 1. The molecule has 1 N–H and O–H groups in total. The molecule has 2 fully saturated rings. The Morgan fingerprint density at radius 2 is 1.64 bits per heavy atom. The van der Waals surface area contributed by atoms with Gasteiger partial charge in [-0.2, -0.15) is 0 Å². The number of hydroxylamine groups is 2. The van der Waals surface area contributed by atoms with Crippen LogP contribution < -0.4 is 15.0 Å². The summed E-state index contributed by atoms with van der Waals surface area (Å²) in [4.78, 5) is 45.6. The molecule has 2 saturated heterocycles. The van der Waals surface area contributed by atoms with E-state index in [0.717, 1.165) is 5.82 Å². The van der Waals surface area contributed by atoms with Gasteiger partial charge in [0.15, 0.2) is 5.75 Å². The molecule has 3 aliphatic rings. The van der Waals surface area contributed by atoms with Gasteiger partial charge in [0.2, 0.25) is 0 Å². The Balaban J connectivity index is 0.964. The highest BCUT2D eigenvalue weighted by molar-refractivity contribution is 6.39. The Morgan fingerprint density at radius 3 is 2.40 bits per heavy atom. The molecule has 3 aliphatic heterocycles. The zero-order valence-corrected chi connectivity index (χ0v) is 23.7. The molecule has 0 radical (unpaired) electrons. The first-order valence-electron chi connectivity index (χ1n) is 13.9. The van der Waals surface area contributed by atoms with Crippen LogP contribution in [0.3, 0.4) is 0 Å². The third kappa shape index (κ3) is 6.27. The number of carbonyl (C=O) groups excluding carboxylic acids is 2. The minimum absolute atomic E-state index is 0.104. The van der Waals surface area contributed by atoms with E-state index < -0.39 is 11.7 Å². The van der Waals surface area contributed by atoms with E-state index in [1.54, 1.807) is 34.4 Å². The van der Waals surface area contributed by atoms with Gasteiger partial charge in [-0.15, -0.1) is 5.06 Å². The highest BCUT2D eigenvalue weighted by Crippen LogP contribution is 2.36. The second-order valence-corrected chi connectivity index (χ2v) is 10.8. The molecular weight excluding hydrogens is 560 g/mol. The molecule has 1 aromatic heterocycles. The third-order valence-electron chi connectivity index (χ3n) is 7.63. The lowest BCUT2D eigenvalue weighted by atomic mass is 9.87. The van der Waals surface area contributed by atoms with Crippen molar-refractivity contribution in [1.82, 2.24) is 14.9 Å². The molecule has 1 spiro atoms. The molecular formula is C30H31ClN6O5. The summed E-state index contributed by atoms with van der Waals surface area (Å²) >= 11 is 6.29. The fourth-order valence-electron chi connectivity index (χ4n) is 5.33. The maximum atomic E-state index is 13.2. The molecule has 4 heterocycles. The van der Waals surface area contributed by atoms with Gasteiger partial charge in [0, 0.05) is 64.7 Å². The molecule has 218 valence electrons. The predicted octanol–water partition coefficient (Wildman–Crippen LogP) is 4.95. The van der Waals surface area contributed by atoms with Gasteiger partial charge in [0.1, 0.15) is 22.9 Å². The monoisotopic (exact) mass is 590 g/mol. The molecule has 42 heavy (non-hydrogen) atoms. The molecule has 3 aromatic rings. The van der Waals surface area contributed by atoms with Crippen LogP contribution in [0.15, 0.2) is 78.1 Å². The van der Waals surface area contributed by atoms with E-state index in [4.69, 9.17) is 26.0 Å². The normalized spacial score (nSPS) is 18.3. The largest absolute Gasteiger partial charge is 0.455 e. The number of piperidine rings is 1. The lowest BCUT2D eigenvalue weighted by Crippen LogP contribution is -2.51. The van der Waals surface area contributed by atoms with Crippen LogP contribution in [-0.2, 0) is 14.5 Å². The predicted molar refractivity (Wildman–Crippen MR) is 158 cm³/mol. The number of carbonyl (C=O) groups is 2. The summed E-state index contributed by atoms with van der Waals surface area (Å²) in [5.41, 5.74) is 0.363. The highest BCUT2D eigenvalue weighted by atomic mass is 35.5. The van der Waals surface area contributed by atoms with Crippen LogP contribution >= 0.6 is 11.6 Å². The topological polar surface area (TPSA) is 109 Å². The lowest BCUT2D eigenvalue weighted by Gasteiger charge is -2.36. The second kappa shape index (κ2) is 12.3. The maximum Gasteiger partial charge on any atom is 0.430 e. The van der Waals surface area contributed by atoms with Crippen molar-refractivity contribution in [2.45, 2.75) is 24.9 Å². The van der Waals surface area contributed by atoms with E-state index in [1.165, 1.54) is 0 Å². The first-order chi connectivity index (χ1) is 20.5. The fourth-order valence-corrected chi connectivity index (χ4v) is 5.57. The van der Waals surface area contributed by atoms with Gasteiger partial charge < -0.3 is 24.2 Å². The molecule has 2 aromatic carbocycles. The van der Waals surface area contributed by atoms with Crippen LogP contribution in [-0.4, -0.2) is 77.5 Å². The van der Waals surface area contributed by atoms with E-state index >= 15 is 0 Å². The van der Waals surface area contributed by atoms with E-state index in [-0.39, 0.29) is 5.91 Å². The van der Waals surface area contributed by atoms with Gasteiger partial charge in [-0.05, 0) is 36.4 Å². The quantitative estimate of drug-likeness (QED) is 0.430. The first kappa shape index (κ1) is 27.8. The van der Waals surface area contributed by atoms with Gasteiger partial charge >= 0.3 is 6.09 Å².